The van der Waals surface area contributed by atoms with Gasteiger partial charge in [0.15, 0.2) is 11.5 Å². The van der Waals surface area contributed by atoms with Gasteiger partial charge in [0.1, 0.15) is 6.61 Å². The quantitative estimate of drug-likeness (QED) is 0.543. The Morgan fingerprint density at radius 2 is 1.75 bits per heavy atom. The van der Waals surface area contributed by atoms with E-state index in [2.05, 4.69) is 5.32 Å². The van der Waals surface area contributed by atoms with Gasteiger partial charge in [-0.25, -0.2) is 0 Å². The number of carbonyl (C=O) groups is 1. The normalized spacial score (nSPS) is 10.4. The first-order valence-corrected chi connectivity index (χ1v) is 9.45. The molecule has 3 aromatic carbocycles. The van der Waals surface area contributed by atoms with E-state index in [9.17, 15) is 4.79 Å². The first-order valence-electron chi connectivity index (χ1n) is 9.08. The molecule has 0 fully saturated rings. The van der Waals surface area contributed by atoms with E-state index in [4.69, 9.17) is 21.1 Å². The van der Waals surface area contributed by atoms with E-state index in [1.165, 1.54) is 0 Å². The van der Waals surface area contributed by atoms with Gasteiger partial charge in [-0.3, -0.25) is 4.79 Å². The molecule has 1 N–H and O–H groups in total. The van der Waals surface area contributed by atoms with Crippen molar-refractivity contribution in [1.82, 2.24) is 0 Å². The average Bonchev–Trinajstić information content (AvgIpc) is 2.71. The average molecular weight is 396 g/mol. The monoisotopic (exact) mass is 395 g/mol. The van der Waals surface area contributed by atoms with Crippen LogP contribution in [0.2, 0.25) is 5.02 Å². The van der Waals surface area contributed by atoms with Crippen LogP contribution in [0.15, 0.2) is 66.7 Å². The highest BCUT2D eigenvalue weighted by Crippen LogP contribution is 2.30. The highest BCUT2D eigenvalue weighted by molar-refractivity contribution is 6.31. The van der Waals surface area contributed by atoms with Crippen molar-refractivity contribution in [2.75, 3.05) is 11.9 Å². The van der Waals surface area contributed by atoms with Crippen LogP contribution in [-0.4, -0.2) is 12.5 Å². The molecule has 0 aromatic heterocycles. The lowest BCUT2D eigenvalue weighted by molar-refractivity contribution is 0.102. The predicted molar refractivity (Wildman–Crippen MR) is 113 cm³/mol. The first kappa shape index (κ1) is 19.8. The zero-order chi connectivity index (χ0) is 19.9. The Balaban J connectivity index is 1.75. The molecule has 0 saturated heterocycles. The number of anilines is 1. The second-order valence-corrected chi connectivity index (χ2v) is 6.69. The number of carbonyl (C=O) groups excluding carboxylic acids is 1. The number of hydrogen-bond donors (Lipinski definition) is 1. The van der Waals surface area contributed by atoms with E-state index in [1.54, 1.807) is 24.3 Å². The van der Waals surface area contributed by atoms with Crippen molar-refractivity contribution in [3.8, 4) is 11.5 Å². The second kappa shape index (κ2) is 9.29. The van der Waals surface area contributed by atoms with Crippen molar-refractivity contribution >= 4 is 23.2 Å². The molecule has 5 heteroatoms. The van der Waals surface area contributed by atoms with E-state index in [-0.39, 0.29) is 5.91 Å². The topological polar surface area (TPSA) is 47.6 Å². The number of ether oxygens (including phenoxy) is 2. The zero-order valence-electron chi connectivity index (χ0n) is 15.9. The molecule has 0 radical (unpaired) electrons. The number of nitrogens with one attached hydrogen (secondary N) is 1. The molecular formula is C23H22ClNO3. The van der Waals surface area contributed by atoms with Crippen LogP contribution in [0.25, 0.3) is 0 Å². The lowest BCUT2D eigenvalue weighted by Crippen LogP contribution is -2.12. The summed E-state index contributed by atoms with van der Waals surface area (Å²) in [6.07, 6.45) is 0. The minimum Gasteiger partial charge on any atom is -0.490 e. The third-order valence-corrected chi connectivity index (χ3v) is 4.58. The van der Waals surface area contributed by atoms with Crippen molar-refractivity contribution < 1.29 is 14.3 Å². The van der Waals surface area contributed by atoms with Gasteiger partial charge < -0.3 is 14.8 Å². The second-order valence-electron chi connectivity index (χ2n) is 6.29. The lowest BCUT2D eigenvalue weighted by Gasteiger charge is -2.14. The summed E-state index contributed by atoms with van der Waals surface area (Å²) < 4.78 is 11.6. The number of rotatable bonds is 7. The van der Waals surface area contributed by atoms with Crippen molar-refractivity contribution in [3.05, 3.63) is 88.4 Å². The van der Waals surface area contributed by atoms with E-state index in [1.807, 2.05) is 56.3 Å². The summed E-state index contributed by atoms with van der Waals surface area (Å²) in [5.41, 5.74) is 3.14. The maximum absolute atomic E-state index is 12.6. The van der Waals surface area contributed by atoms with Gasteiger partial charge in [0.05, 0.1) is 6.61 Å². The summed E-state index contributed by atoms with van der Waals surface area (Å²) in [5, 5.41) is 3.46. The molecule has 0 aliphatic heterocycles. The zero-order valence-corrected chi connectivity index (χ0v) is 16.6. The Bertz CT molecular complexity index is 957. The molecule has 0 aliphatic carbocycles. The fourth-order valence-electron chi connectivity index (χ4n) is 2.65. The highest BCUT2D eigenvalue weighted by atomic mass is 35.5. The van der Waals surface area contributed by atoms with Crippen LogP contribution in [0.1, 0.15) is 28.4 Å². The van der Waals surface area contributed by atoms with Gasteiger partial charge >= 0.3 is 0 Å². The number of aryl methyl sites for hydroxylation is 1. The predicted octanol–water partition coefficient (Wildman–Crippen LogP) is 5.88. The van der Waals surface area contributed by atoms with Crippen LogP contribution in [0.4, 0.5) is 5.69 Å². The molecule has 3 aromatic rings. The molecule has 0 saturated carbocycles. The molecule has 0 atom stereocenters. The molecule has 3 rings (SSSR count). The van der Waals surface area contributed by atoms with E-state index >= 15 is 0 Å². The first-order chi connectivity index (χ1) is 13.6. The third-order valence-electron chi connectivity index (χ3n) is 4.17. The highest BCUT2D eigenvalue weighted by Gasteiger charge is 2.13. The van der Waals surface area contributed by atoms with Gasteiger partial charge in [-0.2, -0.15) is 0 Å². The molecule has 0 aliphatic rings. The Labute approximate surface area is 170 Å². The van der Waals surface area contributed by atoms with Crippen LogP contribution in [-0.2, 0) is 6.61 Å². The minimum atomic E-state index is -0.240. The number of halogens is 1. The van der Waals surface area contributed by atoms with Gasteiger partial charge in [-0.05, 0) is 55.3 Å². The van der Waals surface area contributed by atoms with E-state index < -0.39 is 0 Å². The van der Waals surface area contributed by atoms with Gasteiger partial charge in [-0.15, -0.1) is 0 Å². The van der Waals surface area contributed by atoms with E-state index in [0.717, 1.165) is 11.1 Å². The summed E-state index contributed by atoms with van der Waals surface area (Å²) in [7, 11) is 0. The summed E-state index contributed by atoms with van der Waals surface area (Å²) in [6, 6.07) is 20.5. The Morgan fingerprint density at radius 1 is 0.964 bits per heavy atom. The van der Waals surface area contributed by atoms with Crippen molar-refractivity contribution in [2.24, 2.45) is 0 Å². The van der Waals surface area contributed by atoms with Crippen LogP contribution in [0.3, 0.4) is 0 Å². The van der Waals surface area contributed by atoms with Crippen LogP contribution in [0.5, 0.6) is 11.5 Å². The van der Waals surface area contributed by atoms with Crippen molar-refractivity contribution in [3.63, 3.8) is 0 Å². The maximum Gasteiger partial charge on any atom is 0.255 e. The van der Waals surface area contributed by atoms with Crippen molar-refractivity contribution in [1.29, 1.82) is 0 Å². The molecule has 144 valence electrons. The standard InChI is InChI=1S/C23H22ClNO3/c1-3-27-22-13-18(23(26)25-19-11-9-16(2)20(24)14-19)10-12-21(22)28-15-17-7-5-4-6-8-17/h4-14H,3,15H2,1-2H3,(H,25,26). The van der Waals surface area contributed by atoms with E-state index in [0.29, 0.717) is 41.0 Å². The fraction of sp³-hybridized carbons (Fsp3) is 0.174. The maximum atomic E-state index is 12.6. The molecule has 0 spiro atoms. The summed E-state index contributed by atoms with van der Waals surface area (Å²) in [6.45, 7) is 4.70. The Kier molecular flexibility index (Phi) is 6.56. The van der Waals surface area contributed by atoms with Crippen LogP contribution in [0, 0.1) is 6.92 Å². The van der Waals surface area contributed by atoms with Gasteiger partial charge in [0, 0.05) is 16.3 Å². The molecule has 1 amide bonds. The smallest absolute Gasteiger partial charge is 0.255 e. The third kappa shape index (κ3) is 5.05. The van der Waals surface area contributed by atoms with Gasteiger partial charge in [-0.1, -0.05) is 48.0 Å². The number of amides is 1. The number of hydrogen-bond acceptors (Lipinski definition) is 3. The fourth-order valence-corrected chi connectivity index (χ4v) is 2.83. The summed E-state index contributed by atoms with van der Waals surface area (Å²) in [4.78, 5) is 12.6. The Morgan fingerprint density at radius 3 is 2.46 bits per heavy atom. The molecule has 0 heterocycles. The largest absolute Gasteiger partial charge is 0.490 e. The van der Waals surface area contributed by atoms with Crippen molar-refractivity contribution in [2.45, 2.75) is 20.5 Å². The summed E-state index contributed by atoms with van der Waals surface area (Å²) in [5.74, 6) is 0.893. The molecular weight excluding hydrogens is 374 g/mol. The SMILES string of the molecule is CCOc1cc(C(=O)Nc2ccc(C)c(Cl)c2)ccc1OCc1ccccc1. The Hall–Kier alpha value is -2.98. The summed E-state index contributed by atoms with van der Waals surface area (Å²) >= 11 is 6.13. The molecule has 0 bridgehead atoms. The van der Waals surface area contributed by atoms with Crippen LogP contribution < -0.4 is 14.8 Å². The molecule has 28 heavy (non-hydrogen) atoms. The van der Waals surface area contributed by atoms with Crippen LogP contribution >= 0.6 is 11.6 Å². The molecule has 4 nitrogen and oxygen atoms in total. The molecule has 0 unspecified atom stereocenters. The number of benzene rings is 3. The van der Waals surface area contributed by atoms with Gasteiger partial charge in [0.2, 0.25) is 0 Å². The van der Waals surface area contributed by atoms with Gasteiger partial charge in [0.25, 0.3) is 5.91 Å². The minimum absolute atomic E-state index is 0.240. The lowest BCUT2D eigenvalue weighted by atomic mass is 10.1.